The van der Waals surface area contributed by atoms with Crippen LogP contribution in [0.1, 0.15) is 26.5 Å². The average molecular weight is 414 g/mol. The highest BCUT2D eigenvalue weighted by atomic mass is 35.5. The van der Waals surface area contributed by atoms with Crippen molar-refractivity contribution < 1.29 is 9.59 Å². The molecule has 7 heteroatoms. The predicted molar refractivity (Wildman–Crippen MR) is 115 cm³/mol. The van der Waals surface area contributed by atoms with Crippen molar-refractivity contribution in [2.45, 2.75) is 6.42 Å². The van der Waals surface area contributed by atoms with Gasteiger partial charge < -0.3 is 15.5 Å². The molecule has 0 bridgehead atoms. The maximum atomic E-state index is 12.8. The van der Waals surface area contributed by atoms with Gasteiger partial charge in [-0.2, -0.15) is 0 Å². The van der Waals surface area contributed by atoms with Gasteiger partial charge in [0.2, 0.25) is 0 Å². The molecule has 3 aromatic rings. The molecule has 1 saturated heterocycles. The number of hydrogen-bond acceptors (Lipinski definition) is 4. The molecule has 1 aliphatic rings. The van der Waals surface area contributed by atoms with E-state index in [4.69, 9.17) is 11.6 Å². The van der Waals surface area contributed by atoms with E-state index in [1.54, 1.807) is 18.2 Å². The molecular formula is C21H20ClN3O2S. The topological polar surface area (TPSA) is 61.4 Å². The highest BCUT2D eigenvalue weighted by molar-refractivity contribution is 7.20. The van der Waals surface area contributed by atoms with Gasteiger partial charge in [0.1, 0.15) is 0 Å². The van der Waals surface area contributed by atoms with E-state index in [1.807, 2.05) is 35.2 Å². The first-order valence-electron chi connectivity index (χ1n) is 9.21. The van der Waals surface area contributed by atoms with Crippen LogP contribution in [0.3, 0.4) is 0 Å². The van der Waals surface area contributed by atoms with Crippen molar-refractivity contribution in [2.75, 3.05) is 31.5 Å². The number of halogens is 1. The summed E-state index contributed by atoms with van der Waals surface area (Å²) in [5.41, 5.74) is 1.03. The van der Waals surface area contributed by atoms with Gasteiger partial charge in [0.25, 0.3) is 11.8 Å². The number of carbonyl (C=O) groups excluding carboxylic acids is 2. The third kappa shape index (κ3) is 4.04. The Morgan fingerprint density at radius 3 is 2.75 bits per heavy atom. The average Bonchev–Trinajstić information content (AvgIpc) is 2.94. The number of anilines is 1. The molecule has 2 aromatic carbocycles. The SMILES string of the molecule is O=C(Nc1ccc(C(=O)N2CCCNCC2)c(Cl)c1)c1cc2ccccc2s1. The Morgan fingerprint density at radius 2 is 1.93 bits per heavy atom. The molecule has 0 atom stereocenters. The van der Waals surface area contributed by atoms with Crippen molar-refractivity contribution in [1.29, 1.82) is 0 Å². The second kappa shape index (κ2) is 8.31. The maximum absolute atomic E-state index is 12.8. The summed E-state index contributed by atoms with van der Waals surface area (Å²) in [5, 5.41) is 7.54. The van der Waals surface area contributed by atoms with Gasteiger partial charge in [-0.05, 0) is 48.7 Å². The first-order chi connectivity index (χ1) is 13.6. The summed E-state index contributed by atoms with van der Waals surface area (Å²) in [4.78, 5) is 27.8. The second-order valence-electron chi connectivity index (χ2n) is 6.69. The molecule has 1 aromatic heterocycles. The minimum atomic E-state index is -0.185. The lowest BCUT2D eigenvalue weighted by atomic mass is 10.1. The zero-order valence-electron chi connectivity index (χ0n) is 15.2. The molecule has 1 aliphatic heterocycles. The van der Waals surface area contributed by atoms with E-state index >= 15 is 0 Å². The maximum Gasteiger partial charge on any atom is 0.265 e. The number of rotatable bonds is 3. The fourth-order valence-electron chi connectivity index (χ4n) is 3.27. The summed E-state index contributed by atoms with van der Waals surface area (Å²) in [6.45, 7) is 3.08. The molecule has 28 heavy (non-hydrogen) atoms. The lowest BCUT2D eigenvalue weighted by Crippen LogP contribution is -2.34. The molecule has 1 fully saturated rings. The van der Waals surface area contributed by atoms with E-state index in [-0.39, 0.29) is 11.8 Å². The minimum Gasteiger partial charge on any atom is -0.337 e. The Hall–Kier alpha value is -2.41. The summed E-state index contributed by atoms with van der Waals surface area (Å²) < 4.78 is 1.07. The smallest absolute Gasteiger partial charge is 0.265 e. The van der Waals surface area contributed by atoms with E-state index in [0.717, 1.165) is 29.6 Å². The summed E-state index contributed by atoms with van der Waals surface area (Å²) in [5.74, 6) is -0.258. The van der Waals surface area contributed by atoms with Crippen molar-refractivity contribution in [1.82, 2.24) is 10.2 Å². The molecule has 144 valence electrons. The first kappa shape index (κ1) is 18.9. The van der Waals surface area contributed by atoms with Crippen LogP contribution >= 0.6 is 22.9 Å². The molecule has 5 nitrogen and oxygen atoms in total. The molecule has 0 unspecified atom stereocenters. The molecular weight excluding hydrogens is 394 g/mol. The van der Waals surface area contributed by atoms with Crippen LogP contribution in [0.25, 0.3) is 10.1 Å². The molecule has 0 spiro atoms. The Kier molecular flexibility index (Phi) is 5.62. The molecule has 2 heterocycles. The number of thiophene rings is 1. The van der Waals surface area contributed by atoms with E-state index in [2.05, 4.69) is 10.6 Å². The van der Waals surface area contributed by atoms with Gasteiger partial charge in [-0.25, -0.2) is 0 Å². The zero-order valence-corrected chi connectivity index (χ0v) is 16.8. The summed E-state index contributed by atoms with van der Waals surface area (Å²) in [6, 6.07) is 14.8. The Balaban J connectivity index is 1.49. The Morgan fingerprint density at radius 1 is 1.07 bits per heavy atom. The molecule has 4 rings (SSSR count). The zero-order chi connectivity index (χ0) is 19.5. The lowest BCUT2D eigenvalue weighted by molar-refractivity contribution is 0.0766. The van der Waals surface area contributed by atoms with Gasteiger partial charge in [-0.1, -0.05) is 29.8 Å². The number of nitrogens with one attached hydrogen (secondary N) is 2. The highest BCUT2D eigenvalue weighted by Gasteiger charge is 2.20. The van der Waals surface area contributed by atoms with Crippen LogP contribution in [0.5, 0.6) is 0 Å². The van der Waals surface area contributed by atoms with E-state index < -0.39 is 0 Å². The van der Waals surface area contributed by atoms with E-state index in [9.17, 15) is 9.59 Å². The van der Waals surface area contributed by atoms with Crippen molar-refractivity contribution in [3.05, 3.63) is 64.0 Å². The van der Waals surface area contributed by atoms with Crippen molar-refractivity contribution in [3.63, 3.8) is 0 Å². The van der Waals surface area contributed by atoms with Crippen molar-refractivity contribution >= 4 is 50.5 Å². The van der Waals surface area contributed by atoms with Gasteiger partial charge >= 0.3 is 0 Å². The van der Waals surface area contributed by atoms with Crippen molar-refractivity contribution in [3.8, 4) is 0 Å². The van der Waals surface area contributed by atoms with Gasteiger partial charge in [-0.15, -0.1) is 11.3 Å². The Bertz CT molecular complexity index is 992. The molecule has 0 aliphatic carbocycles. The third-order valence-electron chi connectivity index (χ3n) is 4.73. The molecule has 2 amide bonds. The molecule has 0 radical (unpaired) electrons. The molecule has 0 saturated carbocycles. The monoisotopic (exact) mass is 413 g/mol. The lowest BCUT2D eigenvalue weighted by Gasteiger charge is -2.20. The van der Waals surface area contributed by atoms with Crippen LogP contribution in [0, 0.1) is 0 Å². The Labute approximate surface area is 172 Å². The van der Waals surface area contributed by atoms with Gasteiger partial charge in [0.05, 0.1) is 15.5 Å². The van der Waals surface area contributed by atoms with Crippen LogP contribution < -0.4 is 10.6 Å². The predicted octanol–water partition coefficient (Wildman–Crippen LogP) is 4.24. The summed E-state index contributed by atoms with van der Waals surface area (Å²) in [7, 11) is 0. The van der Waals surface area contributed by atoms with E-state index in [0.29, 0.717) is 34.2 Å². The van der Waals surface area contributed by atoms with Crippen LogP contribution in [0.2, 0.25) is 5.02 Å². The molecule has 2 N–H and O–H groups in total. The fourth-order valence-corrected chi connectivity index (χ4v) is 4.49. The van der Waals surface area contributed by atoms with Crippen LogP contribution in [-0.4, -0.2) is 42.9 Å². The first-order valence-corrected chi connectivity index (χ1v) is 10.4. The number of fused-ring (bicyclic) bond motifs is 1. The standard InChI is InChI=1S/C21H20ClN3O2S/c22-17-13-15(6-7-16(17)21(27)25-10-3-8-23-9-11-25)24-20(26)19-12-14-4-1-2-5-18(14)28-19/h1-2,4-7,12-13,23H,3,8-11H2,(H,24,26). The minimum absolute atomic E-state index is 0.0731. The second-order valence-corrected chi connectivity index (χ2v) is 8.18. The van der Waals surface area contributed by atoms with Crippen LogP contribution in [0.4, 0.5) is 5.69 Å². The van der Waals surface area contributed by atoms with Crippen LogP contribution in [0.15, 0.2) is 48.5 Å². The normalized spacial score (nSPS) is 14.7. The van der Waals surface area contributed by atoms with Gasteiger partial charge in [0, 0.05) is 30.0 Å². The summed E-state index contributed by atoms with van der Waals surface area (Å²) in [6.07, 6.45) is 0.923. The van der Waals surface area contributed by atoms with Crippen LogP contribution in [-0.2, 0) is 0 Å². The van der Waals surface area contributed by atoms with E-state index in [1.165, 1.54) is 11.3 Å². The number of carbonyl (C=O) groups is 2. The van der Waals surface area contributed by atoms with Crippen molar-refractivity contribution in [2.24, 2.45) is 0 Å². The number of nitrogens with zero attached hydrogens (tertiary/aromatic N) is 1. The number of hydrogen-bond donors (Lipinski definition) is 2. The van der Waals surface area contributed by atoms with Gasteiger partial charge in [0.15, 0.2) is 0 Å². The quantitative estimate of drug-likeness (QED) is 0.675. The van der Waals surface area contributed by atoms with Gasteiger partial charge in [-0.3, -0.25) is 9.59 Å². The highest BCUT2D eigenvalue weighted by Crippen LogP contribution is 2.27. The number of amides is 2. The number of benzene rings is 2. The largest absolute Gasteiger partial charge is 0.337 e. The summed E-state index contributed by atoms with van der Waals surface area (Å²) >= 11 is 7.81. The third-order valence-corrected chi connectivity index (χ3v) is 6.16. The fraction of sp³-hybridized carbons (Fsp3) is 0.238.